The Hall–Kier alpha value is -3.08. The minimum Gasteiger partial charge on any atom is -0.336 e. The van der Waals surface area contributed by atoms with Crippen molar-refractivity contribution in [2.75, 3.05) is 11.4 Å². The van der Waals surface area contributed by atoms with E-state index in [0.717, 1.165) is 22.1 Å². The van der Waals surface area contributed by atoms with Gasteiger partial charge in [0, 0.05) is 16.6 Å². The summed E-state index contributed by atoms with van der Waals surface area (Å²) >= 11 is 0. The van der Waals surface area contributed by atoms with Crippen LogP contribution in [0.3, 0.4) is 0 Å². The van der Waals surface area contributed by atoms with Crippen molar-refractivity contribution in [3.63, 3.8) is 0 Å². The van der Waals surface area contributed by atoms with Crippen LogP contribution in [0.5, 0.6) is 0 Å². The van der Waals surface area contributed by atoms with Crippen molar-refractivity contribution in [3.05, 3.63) is 77.9 Å². The number of Topliss-reactive ketones (excluding diaryl/α,β-unsaturated/α-hetero) is 1. The highest BCUT2D eigenvalue weighted by atomic mass is 19.4. The van der Waals surface area contributed by atoms with Crippen molar-refractivity contribution in [3.8, 4) is 0 Å². The SMILES string of the molecule is O=C(C1=Cc2ccc3ccccc3c2N(c2ccccc2)C1)C(F)(F)F. The second kappa shape index (κ2) is 6.02. The van der Waals surface area contributed by atoms with Gasteiger partial charge in [-0.15, -0.1) is 0 Å². The van der Waals surface area contributed by atoms with E-state index >= 15 is 0 Å². The normalized spacial score (nSPS) is 14.1. The number of carbonyl (C=O) groups excluding carboxylic acids is 1. The predicted molar refractivity (Wildman–Crippen MR) is 96.4 cm³/mol. The Bertz CT molecular complexity index is 1020. The average molecular weight is 353 g/mol. The molecule has 0 atom stereocenters. The Morgan fingerprint density at radius 1 is 0.885 bits per heavy atom. The molecule has 3 aromatic carbocycles. The topological polar surface area (TPSA) is 20.3 Å². The summed E-state index contributed by atoms with van der Waals surface area (Å²) in [5, 5.41) is 1.93. The molecule has 2 nitrogen and oxygen atoms in total. The summed E-state index contributed by atoms with van der Waals surface area (Å²) in [6.07, 6.45) is -3.53. The molecule has 0 radical (unpaired) electrons. The van der Waals surface area contributed by atoms with Crippen molar-refractivity contribution in [1.82, 2.24) is 0 Å². The van der Waals surface area contributed by atoms with Crippen molar-refractivity contribution >= 4 is 34.0 Å². The fraction of sp³-hybridized carbons (Fsp3) is 0.0952. The number of alkyl halides is 3. The number of para-hydroxylation sites is 1. The fourth-order valence-electron chi connectivity index (χ4n) is 3.32. The average Bonchev–Trinajstić information content (AvgIpc) is 2.66. The minimum absolute atomic E-state index is 0.122. The number of nitrogens with zero attached hydrogens (tertiary/aromatic N) is 1. The van der Waals surface area contributed by atoms with Gasteiger partial charge in [-0.3, -0.25) is 4.79 Å². The van der Waals surface area contributed by atoms with Crippen LogP contribution in [0.2, 0.25) is 0 Å². The summed E-state index contributed by atoms with van der Waals surface area (Å²) in [6, 6.07) is 20.5. The molecule has 4 rings (SSSR count). The Morgan fingerprint density at radius 2 is 1.58 bits per heavy atom. The highest BCUT2D eigenvalue weighted by Crippen LogP contribution is 2.41. The molecule has 0 N–H and O–H groups in total. The number of carbonyl (C=O) groups is 1. The van der Waals surface area contributed by atoms with Gasteiger partial charge in [0.25, 0.3) is 5.78 Å². The molecule has 130 valence electrons. The summed E-state index contributed by atoms with van der Waals surface area (Å²) < 4.78 is 38.9. The first-order valence-electron chi connectivity index (χ1n) is 8.11. The van der Waals surface area contributed by atoms with Gasteiger partial charge in [0.05, 0.1) is 12.2 Å². The molecule has 0 amide bonds. The number of hydrogen-bond donors (Lipinski definition) is 0. The fourth-order valence-corrected chi connectivity index (χ4v) is 3.32. The van der Waals surface area contributed by atoms with Crippen LogP contribution in [-0.2, 0) is 4.79 Å². The third kappa shape index (κ3) is 2.75. The van der Waals surface area contributed by atoms with Gasteiger partial charge in [-0.1, -0.05) is 54.6 Å². The Morgan fingerprint density at radius 3 is 2.31 bits per heavy atom. The van der Waals surface area contributed by atoms with Gasteiger partial charge >= 0.3 is 6.18 Å². The summed E-state index contributed by atoms with van der Waals surface area (Å²) in [5.74, 6) is -1.79. The van der Waals surface area contributed by atoms with Gasteiger partial charge in [0.2, 0.25) is 0 Å². The Kier molecular flexibility index (Phi) is 3.80. The van der Waals surface area contributed by atoms with Gasteiger partial charge in [-0.25, -0.2) is 0 Å². The number of rotatable bonds is 2. The smallest absolute Gasteiger partial charge is 0.336 e. The molecule has 1 aliphatic heterocycles. The van der Waals surface area contributed by atoms with E-state index in [9.17, 15) is 18.0 Å². The predicted octanol–water partition coefficient (Wildman–Crippen LogP) is 5.51. The van der Waals surface area contributed by atoms with E-state index < -0.39 is 12.0 Å². The molecule has 1 aliphatic rings. The second-order valence-corrected chi connectivity index (χ2v) is 6.14. The van der Waals surface area contributed by atoms with Crippen LogP contribution in [0, 0.1) is 0 Å². The van der Waals surface area contributed by atoms with Crippen LogP contribution in [0.25, 0.3) is 16.8 Å². The molecule has 0 unspecified atom stereocenters. The second-order valence-electron chi connectivity index (χ2n) is 6.14. The highest BCUT2D eigenvalue weighted by molar-refractivity contribution is 6.09. The first-order chi connectivity index (χ1) is 12.4. The van der Waals surface area contributed by atoms with E-state index in [1.165, 1.54) is 6.08 Å². The van der Waals surface area contributed by atoms with E-state index in [2.05, 4.69) is 0 Å². The van der Waals surface area contributed by atoms with Crippen molar-refractivity contribution in [1.29, 1.82) is 0 Å². The lowest BCUT2D eigenvalue weighted by Gasteiger charge is -2.32. The Labute approximate surface area is 148 Å². The van der Waals surface area contributed by atoms with Gasteiger partial charge < -0.3 is 4.90 Å². The molecule has 0 aliphatic carbocycles. The highest BCUT2D eigenvalue weighted by Gasteiger charge is 2.42. The molecule has 3 aromatic rings. The molecule has 0 bridgehead atoms. The molecule has 0 spiro atoms. The number of halogens is 3. The van der Waals surface area contributed by atoms with E-state index in [1.807, 2.05) is 60.7 Å². The minimum atomic E-state index is -4.89. The third-order valence-corrected chi connectivity index (χ3v) is 4.48. The van der Waals surface area contributed by atoms with E-state index in [-0.39, 0.29) is 12.1 Å². The number of anilines is 2. The van der Waals surface area contributed by atoms with Crippen LogP contribution < -0.4 is 4.90 Å². The zero-order chi connectivity index (χ0) is 18.3. The van der Waals surface area contributed by atoms with E-state index in [0.29, 0.717) is 5.56 Å². The van der Waals surface area contributed by atoms with E-state index in [1.54, 1.807) is 11.0 Å². The zero-order valence-corrected chi connectivity index (χ0v) is 13.6. The van der Waals surface area contributed by atoms with E-state index in [4.69, 9.17) is 0 Å². The van der Waals surface area contributed by atoms with Gasteiger partial charge in [-0.2, -0.15) is 13.2 Å². The van der Waals surface area contributed by atoms with Gasteiger partial charge in [-0.05, 0) is 29.2 Å². The van der Waals surface area contributed by atoms with Crippen molar-refractivity contribution in [2.24, 2.45) is 0 Å². The summed E-state index contributed by atoms with van der Waals surface area (Å²) in [7, 11) is 0. The standard InChI is InChI=1S/C21H14F3NO/c22-21(23,24)20(26)16-12-15-11-10-14-6-4-5-9-18(14)19(15)25(13-16)17-7-2-1-3-8-17/h1-12H,13H2. The maximum absolute atomic E-state index is 13.0. The molecular formula is C21H14F3NO. The summed E-state index contributed by atoms with van der Waals surface area (Å²) in [6.45, 7) is -0.122. The van der Waals surface area contributed by atoms with Crippen LogP contribution in [0.4, 0.5) is 24.5 Å². The lowest BCUT2D eigenvalue weighted by Crippen LogP contribution is -2.33. The van der Waals surface area contributed by atoms with Crippen LogP contribution in [0.15, 0.2) is 72.3 Å². The monoisotopic (exact) mass is 353 g/mol. The first kappa shape index (κ1) is 16.4. The first-order valence-corrected chi connectivity index (χ1v) is 8.11. The lowest BCUT2D eigenvalue weighted by molar-refractivity contribution is -0.166. The largest absolute Gasteiger partial charge is 0.454 e. The number of hydrogen-bond acceptors (Lipinski definition) is 2. The number of ketones is 1. The summed E-state index contributed by atoms with van der Waals surface area (Å²) in [4.78, 5) is 13.6. The van der Waals surface area contributed by atoms with Gasteiger partial charge in [0.15, 0.2) is 0 Å². The van der Waals surface area contributed by atoms with Crippen molar-refractivity contribution in [2.45, 2.75) is 6.18 Å². The molecule has 0 fully saturated rings. The quantitative estimate of drug-likeness (QED) is 0.606. The molecule has 1 heterocycles. The Balaban J connectivity index is 1.96. The zero-order valence-electron chi connectivity index (χ0n) is 13.6. The number of benzene rings is 3. The third-order valence-electron chi connectivity index (χ3n) is 4.48. The molecule has 0 aromatic heterocycles. The summed E-state index contributed by atoms with van der Waals surface area (Å²) in [5.41, 5.74) is 1.90. The van der Waals surface area contributed by atoms with Gasteiger partial charge in [0.1, 0.15) is 0 Å². The van der Waals surface area contributed by atoms with Crippen LogP contribution >= 0.6 is 0 Å². The molecule has 0 saturated heterocycles. The maximum atomic E-state index is 13.0. The molecule has 0 saturated carbocycles. The maximum Gasteiger partial charge on any atom is 0.454 e. The lowest BCUT2D eigenvalue weighted by atomic mass is 9.95. The molecular weight excluding hydrogens is 339 g/mol. The molecule has 5 heteroatoms. The van der Waals surface area contributed by atoms with Crippen LogP contribution in [0.1, 0.15) is 5.56 Å². The van der Waals surface area contributed by atoms with Crippen LogP contribution in [-0.4, -0.2) is 18.5 Å². The number of fused-ring (bicyclic) bond motifs is 3. The molecule has 26 heavy (non-hydrogen) atoms. The van der Waals surface area contributed by atoms with Crippen molar-refractivity contribution < 1.29 is 18.0 Å².